The molecule has 3 nitrogen and oxygen atoms in total. The highest BCUT2D eigenvalue weighted by atomic mass is 35.5. The molecule has 1 N–H and O–H groups in total. The van der Waals surface area contributed by atoms with Crippen LogP contribution in [0.25, 0.3) is 0 Å². The maximum Gasteiger partial charge on any atom is 0.411 e. The van der Waals surface area contributed by atoms with E-state index in [4.69, 9.17) is 27.9 Å². The van der Waals surface area contributed by atoms with Gasteiger partial charge < -0.3 is 4.74 Å². The van der Waals surface area contributed by atoms with Crippen LogP contribution < -0.4 is 5.32 Å². The Morgan fingerprint density at radius 2 is 1.50 bits per heavy atom. The van der Waals surface area contributed by atoms with E-state index in [0.29, 0.717) is 22.3 Å². The molecule has 1 aromatic carbocycles. The minimum Gasteiger partial charge on any atom is -0.449 e. The molecule has 0 saturated heterocycles. The van der Waals surface area contributed by atoms with Gasteiger partial charge in [0.15, 0.2) is 0 Å². The average Bonchev–Trinajstić information content (AvgIpc) is 2.56. The molecule has 0 bridgehead atoms. The van der Waals surface area contributed by atoms with E-state index in [1.54, 1.807) is 18.2 Å². The molecule has 136 valence electrons. The van der Waals surface area contributed by atoms with Gasteiger partial charge in [0, 0.05) is 5.69 Å². The van der Waals surface area contributed by atoms with Crippen LogP contribution >= 0.6 is 23.2 Å². The summed E-state index contributed by atoms with van der Waals surface area (Å²) in [7, 11) is 0. The summed E-state index contributed by atoms with van der Waals surface area (Å²) >= 11 is 11.7. The van der Waals surface area contributed by atoms with Gasteiger partial charge in [-0.2, -0.15) is 0 Å². The number of amides is 1. The van der Waals surface area contributed by atoms with Gasteiger partial charge in [-0.3, -0.25) is 5.32 Å². The van der Waals surface area contributed by atoms with Crippen molar-refractivity contribution in [2.24, 2.45) is 0 Å². The molecule has 0 saturated carbocycles. The summed E-state index contributed by atoms with van der Waals surface area (Å²) in [5, 5.41) is 3.51. The van der Waals surface area contributed by atoms with Crippen LogP contribution in [0.5, 0.6) is 0 Å². The van der Waals surface area contributed by atoms with Gasteiger partial charge in [-0.05, 0) is 24.6 Å². The second-order valence-corrected chi connectivity index (χ2v) is 6.89. The Bertz CT molecular complexity index is 480. The number of benzene rings is 1. The number of nitrogens with one attached hydrogen (secondary N) is 1. The molecule has 0 fully saturated rings. The number of unbranched alkanes of at least 4 members (excludes halogenated alkanes) is 9. The third kappa shape index (κ3) is 10.0. The fraction of sp³-hybridized carbons (Fsp3) is 0.632. The molecule has 1 rings (SSSR count). The normalized spacial score (nSPS) is 10.6. The molecule has 0 atom stereocenters. The van der Waals surface area contributed by atoms with Crippen molar-refractivity contribution in [1.82, 2.24) is 0 Å². The predicted octanol–water partition coefficient (Wildman–Crippen LogP) is 7.46. The number of hydrogen-bond donors (Lipinski definition) is 1. The zero-order valence-corrected chi connectivity index (χ0v) is 16.1. The third-order valence-corrected chi connectivity index (χ3v) is 4.64. The zero-order chi connectivity index (χ0) is 17.6. The van der Waals surface area contributed by atoms with Gasteiger partial charge in [0.1, 0.15) is 0 Å². The monoisotopic (exact) mass is 373 g/mol. The molecule has 0 spiro atoms. The number of carbonyl (C=O) groups is 1. The van der Waals surface area contributed by atoms with Crippen molar-refractivity contribution in [3.05, 3.63) is 28.2 Å². The molecule has 0 aliphatic heterocycles. The van der Waals surface area contributed by atoms with Crippen LogP contribution in [-0.2, 0) is 4.74 Å². The quantitative estimate of drug-likeness (QED) is 0.386. The number of carbonyl (C=O) groups excluding carboxylic acids is 1. The first-order valence-electron chi connectivity index (χ1n) is 9.02. The Kier molecular flexibility index (Phi) is 11.8. The standard InChI is InChI=1S/C19H29Cl2NO2/c1-2-3-4-5-6-7-8-9-10-11-14-24-19(23)22-16-12-13-17(20)18(21)15-16/h12-13,15H,2-11,14H2,1H3,(H,22,23). The summed E-state index contributed by atoms with van der Waals surface area (Å²) in [6.45, 7) is 2.69. The number of rotatable bonds is 12. The first-order valence-corrected chi connectivity index (χ1v) is 9.78. The maximum atomic E-state index is 11.7. The van der Waals surface area contributed by atoms with E-state index in [9.17, 15) is 4.79 Å². The molecule has 5 heteroatoms. The van der Waals surface area contributed by atoms with E-state index in [0.717, 1.165) is 12.8 Å². The summed E-state index contributed by atoms with van der Waals surface area (Å²) in [6.07, 6.45) is 12.1. The molecule has 24 heavy (non-hydrogen) atoms. The maximum absolute atomic E-state index is 11.7. The lowest BCUT2D eigenvalue weighted by molar-refractivity contribution is 0.159. The van der Waals surface area contributed by atoms with Crippen LogP contribution in [0.3, 0.4) is 0 Å². The fourth-order valence-electron chi connectivity index (χ4n) is 2.48. The summed E-state index contributed by atoms with van der Waals surface area (Å²) in [5.41, 5.74) is 0.581. The third-order valence-electron chi connectivity index (χ3n) is 3.90. The molecule has 0 aliphatic carbocycles. The van der Waals surface area contributed by atoms with Gasteiger partial charge in [0.2, 0.25) is 0 Å². The van der Waals surface area contributed by atoms with E-state index in [2.05, 4.69) is 12.2 Å². The summed E-state index contributed by atoms with van der Waals surface area (Å²) in [6, 6.07) is 4.93. The topological polar surface area (TPSA) is 38.3 Å². The smallest absolute Gasteiger partial charge is 0.411 e. The fourth-order valence-corrected chi connectivity index (χ4v) is 2.78. The van der Waals surface area contributed by atoms with Crippen molar-refractivity contribution in [2.75, 3.05) is 11.9 Å². The Hall–Kier alpha value is -0.930. The lowest BCUT2D eigenvalue weighted by atomic mass is 10.1. The molecule has 0 aromatic heterocycles. The van der Waals surface area contributed by atoms with Gasteiger partial charge in [-0.15, -0.1) is 0 Å². The zero-order valence-electron chi connectivity index (χ0n) is 14.6. The van der Waals surface area contributed by atoms with E-state index in [1.165, 1.54) is 51.4 Å². The van der Waals surface area contributed by atoms with Crippen LogP contribution in [0.1, 0.15) is 71.1 Å². The molecule has 1 amide bonds. The number of ether oxygens (including phenoxy) is 1. The Balaban J connectivity index is 1.97. The highest BCUT2D eigenvalue weighted by Crippen LogP contribution is 2.25. The average molecular weight is 374 g/mol. The Morgan fingerprint density at radius 3 is 2.08 bits per heavy atom. The lowest BCUT2D eigenvalue weighted by Crippen LogP contribution is -2.14. The highest BCUT2D eigenvalue weighted by Gasteiger charge is 2.05. The first-order chi connectivity index (χ1) is 11.6. The molecule has 0 aliphatic rings. The highest BCUT2D eigenvalue weighted by molar-refractivity contribution is 6.42. The van der Waals surface area contributed by atoms with E-state index in [-0.39, 0.29) is 0 Å². The van der Waals surface area contributed by atoms with E-state index in [1.807, 2.05) is 0 Å². The van der Waals surface area contributed by atoms with Gasteiger partial charge in [0.05, 0.1) is 16.7 Å². The molecule has 0 heterocycles. The SMILES string of the molecule is CCCCCCCCCCCCOC(=O)Nc1ccc(Cl)c(Cl)c1. The van der Waals surface area contributed by atoms with Gasteiger partial charge in [-0.1, -0.05) is 87.9 Å². The number of hydrogen-bond acceptors (Lipinski definition) is 2. The largest absolute Gasteiger partial charge is 0.449 e. The van der Waals surface area contributed by atoms with Crippen molar-refractivity contribution >= 4 is 35.0 Å². The van der Waals surface area contributed by atoms with Crippen molar-refractivity contribution in [1.29, 1.82) is 0 Å². The van der Waals surface area contributed by atoms with Crippen LogP contribution in [0.2, 0.25) is 10.0 Å². The predicted molar refractivity (Wildman–Crippen MR) is 103 cm³/mol. The Labute approximate surface area is 156 Å². The first kappa shape index (κ1) is 21.1. The van der Waals surface area contributed by atoms with Crippen molar-refractivity contribution < 1.29 is 9.53 Å². The van der Waals surface area contributed by atoms with Crippen molar-refractivity contribution in [2.45, 2.75) is 71.1 Å². The van der Waals surface area contributed by atoms with Crippen LogP contribution in [0.15, 0.2) is 18.2 Å². The second-order valence-electron chi connectivity index (χ2n) is 6.07. The second kappa shape index (κ2) is 13.4. The van der Waals surface area contributed by atoms with Crippen molar-refractivity contribution in [3.63, 3.8) is 0 Å². The van der Waals surface area contributed by atoms with Gasteiger partial charge in [0.25, 0.3) is 0 Å². The Morgan fingerprint density at radius 1 is 0.917 bits per heavy atom. The summed E-state index contributed by atoms with van der Waals surface area (Å²) in [5.74, 6) is 0. The van der Waals surface area contributed by atoms with E-state index >= 15 is 0 Å². The lowest BCUT2D eigenvalue weighted by Gasteiger charge is -2.08. The van der Waals surface area contributed by atoms with Crippen LogP contribution in [0, 0.1) is 0 Å². The molecule has 0 unspecified atom stereocenters. The van der Waals surface area contributed by atoms with Gasteiger partial charge in [-0.25, -0.2) is 4.79 Å². The number of halogens is 2. The molecule has 1 aromatic rings. The van der Waals surface area contributed by atoms with Crippen molar-refractivity contribution in [3.8, 4) is 0 Å². The number of anilines is 1. The van der Waals surface area contributed by atoms with Crippen LogP contribution in [-0.4, -0.2) is 12.7 Å². The van der Waals surface area contributed by atoms with Gasteiger partial charge >= 0.3 is 6.09 Å². The molecular formula is C19H29Cl2NO2. The molecule has 0 radical (unpaired) electrons. The van der Waals surface area contributed by atoms with Crippen LogP contribution in [0.4, 0.5) is 10.5 Å². The molecular weight excluding hydrogens is 345 g/mol. The van der Waals surface area contributed by atoms with E-state index < -0.39 is 6.09 Å². The summed E-state index contributed by atoms with van der Waals surface area (Å²) < 4.78 is 5.16. The minimum atomic E-state index is -0.454. The minimum absolute atomic E-state index is 0.407. The summed E-state index contributed by atoms with van der Waals surface area (Å²) in [4.78, 5) is 11.7.